The summed E-state index contributed by atoms with van der Waals surface area (Å²) in [5, 5.41) is 0. The molecule has 0 aromatic carbocycles. The number of hydrogen-bond acceptors (Lipinski definition) is 2. The second-order valence-corrected chi connectivity index (χ2v) is 2.02. The molecule has 0 spiro atoms. The van der Waals surface area contributed by atoms with Crippen molar-refractivity contribution < 1.29 is 4.79 Å². The molecule has 0 aliphatic rings. The predicted octanol–water partition coefficient (Wildman–Crippen LogP) is 0.265. The molecule has 0 fully saturated rings. The van der Waals surface area contributed by atoms with Crippen LogP contribution in [0.1, 0.15) is 6.92 Å². The first-order chi connectivity index (χ1) is 3.55. The zero-order valence-corrected chi connectivity index (χ0v) is 7.96. The number of nitrogens with two attached hydrogens (primary N) is 1. The van der Waals surface area contributed by atoms with Crippen LogP contribution in [0.15, 0.2) is 0 Å². The summed E-state index contributed by atoms with van der Waals surface area (Å²) in [4.78, 5) is 12.1. The molecule has 0 saturated carbocycles. The standard InChI is InChI=1S/C5H12N2O.2ClH/c1-4(6)5(8)7(2)3;;/h4H,6H2,1-3H3;2*1H/t4-;;/m1../s1. The summed E-state index contributed by atoms with van der Waals surface area (Å²) in [6.45, 7) is 1.67. The second kappa shape index (κ2) is 7.12. The molecule has 0 saturated heterocycles. The van der Waals surface area contributed by atoms with Gasteiger partial charge in [-0.3, -0.25) is 4.79 Å². The molecule has 0 aliphatic heterocycles. The number of likely N-dealkylation sites (N-methyl/N-ethyl adjacent to an activating group) is 1. The monoisotopic (exact) mass is 188 g/mol. The zero-order chi connectivity index (χ0) is 6.73. The molecule has 5 heteroatoms. The van der Waals surface area contributed by atoms with Crippen LogP contribution < -0.4 is 5.73 Å². The van der Waals surface area contributed by atoms with Gasteiger partial charge >= 0.3 is 0 Å². The van der Waals surface area contributed by atoms with Crippen LogP contribution >= 0.6 is 24.8 Å². The van der Waals surface area contributed by atoms with E-state index in [0.29, 0.717) is 0 Å². The Morgan fingerprint density at radius 1 is 1.40 bits per heavy atom. The molecule has 3 nitrogen and oxygen atoms in total. The topological polar surface area (TPSA) is 46.3 Å². The van der Waals surface area contributed by atoms with Gasteiger partial charge in [0.05, 0.1) is 6.04 Å². The lowest BCUT2D eigenvalue weighted by Crippen LogP contribution is -2.37. The number of carbonyl (C=O) groups excluding carboxylic acids is 1. The fourth-order valence-corrected chi connectivity index (χ4v) is 0.407. The molecule has 0 unspecified atom stereocenters. The number of nitrogens with zero attached hydrogens (tertiary/aromatic N) is 1. The van der Waals surface area contributed by atoms with E-state index in [2.05, 4.69) is 0 Å². The average Bonchev–Trinajstić information content (AvgIpc) is 1.64. The van der Waals surface area contributed by atoms with E-state index in [9.17, 15) is 4.79 Å². The Balaban J connectivity index is -0.000000245. The van der Waals surface area contributed by atoms with E-state index in [1.807, 2.05) is 0 Å². The summed E-state index contributed by atoms with van der Waals surface area (Å²) in [5.41, 5.74) is 5.25. The smallest absolute Gasteiger partial charge is 0.238 e. The number of halogens is 2. The Kier molecular flexibility index (Phi) is 11.8. The third-order valence-corrected chi connectivity index (χ3v) is 0.830. The van der Waals surface area contributed by atoms with Crippen LogP contribution in [0.25, 0.3) is 0 Å². The van der Waals surface area contributed by atoms with Gasteiger partial charge in [0.2, 0.25) is 5.91 Å². The quantitative estimate of drug-likeness (QED) is 0.643. The molecular formula is C5H14Cl2N2O. The number of amides is 1. The van der Waals surface area contributed by atoms with Gasteiger partial charge in [-0.25, -0.2) is 0 Å². The Hall–Kier alpha value is 0.01000. The van der Waals surface area contributed by atoms with Gasteiger partial charge in [-0.05, 0) is 6.92 Å². The zero-order valence-electron chi connectivity index (χ0n) is 6.33. The Morgan fingerprint density at radius 3 is 1.70 bits per heavy atom. The first-order valence-electron chi connectivity index (χ1n) is 2.52. The van der Waals surface area contributed by atoms with Crippen LogP contribution in [0.2, 0.25) is 0 Å². The van der Waals surface area contributed by atoms with Crippen LogP contribution in [0.5, 0.6) is 0 Å². The van der Waals surface area contributed by atoms with Gasteiger partial charge in [0.25, 0.3) is 0 Å². The van der Waals surface area contributed by atoms with Gasteiger partial charge in [0.1, 0.15) is 0 Å². The summed E-state index contributed by atoms with van der Waals surface area (Å²) >= 11 is 0. The molecule has 0 bridgehead atoms. The summed E-state index contributed by atoms with van der Waals surface area (Å²) in [7, 11) is 3.37. The summed E-state index contributed by atoms with van der Waals surface area (Å²) in [6, 6.07) is -0.370. The summed E-state index contributed by atoms with van der Waals surface area (Å²) in [5.74, 6) is -0.0370. The highest BCUT2D eigenvalue weighted by Crippen LogP contribution is 1.81. The van der Waals surface area contributed by atoms with Gasteiger partial charge < -0.3 is 10.6 Å². The SMILES string of the molecule is C[C@@H](N)C(=O)N(C)C.Cl.Cl. The number of rotatable bonds is 1. The Labute approximate surface area is 73.8 Å². The van der Waals surface area contributed by atoms with Crippen LogP contribution in [0, 0.1) is 0 Å². The van der Waals surface area contributed by atoms with E-state index in [0.717, 1.165) is 0 Å². The van der Waals surface area contributed by atoms with Crippen LogP contribution in [-0.4, -0.2) is 30.9 Å². The van der Waals surface area contributed by atoms with Crippen molar-refractivity contribution in [1.82, 2.24) is 4.90 Å². The maximum atomic E-state index is 10.6. The van der Waals surface area contributed by atoms with Gasteiger partial charge in [0, 0.05) is 14.1 Å². The molecule has 10 heavy (non-hydrogen) atoms. The predicted molar refractivity (Wildman–Crippen MR) is 46.8 cm³/mol. The fraction of sp³-hybridized carbons (Fsp3) is 0.800. The summed E-state index contributed by atoms with van der Waals surface area (Å²) in [6.07, 6.45) is 0. The van der Waals surface area contributed by atoms with E-state index in [-0.39, 0.29) is 36.8 Å². The normalized spacial score (nSPS) is 10.4. The first kappa shape index (κ1) is 16.5. The molecule has 0 heterocycles. The van der Waals surface area contributed by atoms with Crippen LogP contribution in [0.4, 0.5) is 0 Å². The third kappa shape index (κ3) is 6.13. The van der Waals surface area contributed by atoms with Gasteiger partial charge in [0.15, 0.2) is 0 Å². The highest BCUT2D eigenvalue weighted by atomic mass is 35.5. The van der Waals surface area contributed by atoms with Gasteiger partial charge in [-0.2, -0.15) is 0 Å². The van der Waals surface area contributed by atoms with E-state index in [4.69, 9.17) is 5.73 Å². The van der Waals surface area contributed by atoms with Crippen molar-refractivity contribution in [2.45, 2.75) is 13.0 Å². The highest BCUT2D eigenvalue weighted by Gasteiger charge is 2.07. The first-order valence-corrected chi connectivity index (χ1v) is 2.52. The average molecular weight is 189 g/mol. The van der Waals surface area contributed by atoms with E-state index < -0.39 is 0 Å². The highest BCUT2D eigenvalue weighted by molar-refractivity contribution is 5.85. The van der Waals surface area contributed by atoms with Crippen molar-refractivity contribution in [1.29, 1.82) is 0 Å². The lowest BCUT2D eigenvalue weighted by Gasteiger charge is -2.11. The lowest BCUT2D eigenvalue weighted by atomic mass is 10.3. The van der Waals surface area contributed by atoms with Crippen LogP contribution in [-0.2, 0) is 4.79 Å². The molecule has 1 atom stereocenters. The molecule has 0 rings (SSSR count). The van der Waals surface area contributed by atoms with Crippen molar-refractivity contribution in [2.24, 2.45) is 5.73 Å². The maximum absolute atomic E-state index is 10.6. The minimum Gasteiger partial charge on any atom is -0.347 e. The van der Waals surface area contributed by atoms with Crippen LogP contribution in [0.3, 0.4) is 0 Å². The van der Waals surface area contributed by atoms with Crippen molar-refractivity contribution in [3.63, 3.8) is 0 Å². The van der Waals surface area contributed by atoms with Crippen molar-refractivity contribution in [2.75, 3.05) is 14.1 Å². The summed E-state index contributed by atoms with van der Waals surface area (Å²) < 4.78 is 0. The third-order valence-electron chi connectivity index (χ3n) is 0.830. The molecule has 64 valence electrons. The molecule has 0 aromatic heterocycles. The Morgan fingerprint density at radius 2 is 1.70 bits per heavy atom. The minimum atomic E-state index is -0.370. The molecule has 2 N–H and O–H groups in total. The van der Waals surface area contributed by atoms with Gasteiger partial charge in [-0.1, -0.05) is 0 Å². The second-order valence-electron chi connectivity index (χ2n) is 2.02. The fourth-order valence-electron chi connectivity index (χ4n) is 0.407. The molecule has 0 aromatic rings. The molecule has 0 aliphatic carbocycles. The van der Waals surface area contributed by atoms with E-state index >= 15 is 0 Å². The van der Waals surface area contributed by atoms with Crippen molar-refractivity contribution in [3.8, 4) is 0 Å². The number of carbonyl (C=O) groups is 1. The van der Waals surface area contributed by atoms with E-state index in [1.54, 1.807) is 21.0 Å². The van der Waals surface area contributed by atoms with E-state index in [1.165, 1.54) is 4.90 Å². The van der Waals surface area contributed by atoms with Crippen molar-refractivity contribution in [3.05, 3.63) is 0 Å². The molecular weight excluding hydrogens is 175 g/mol. The van der Waals surface area contributed by atoms with Crippen molar-refractivity contribution >= 4 is 30.7 Å². The lowest BCUT2D eigenvalue weighted by molar-refractivity contribution is -0.129. The number of hydrogen-bond donors (Lipinski definition) is 1. The maximum Gasteiger partial charge on any atom is 0.238 e. The Bertz CT molecular complexity index is 85.6. The largest absolute Gasteiger partial charge is 0.347 e. The molecule has 1 amide bonds. The minimum absolute atomic E-state index is 0. The molecule has 0 radical (unpaired) electrons. The van der Waals surface area contributed by atoms with Gasteiger partial charge in [-0.15, -0.1) is 24.8 Å².